The zero-order valence-electron chi connectivity index (χ0n) is 6.49. The Bertz CT molecular complexity index is 210. The summed E-state index contributed by atoms with van der Waals surface area (Å²) in [5.41, 5.74) is 5.28. The van der Waals surface area contributed by atoms with Crippen LogP contribution < -0.4 is 5.73 Å². The van der Waals surface area contributed by atoms with Crippen molar-refractivity contribution in [2.45, 2.75) is 19.3 Å². The minimum absolute atomic E-state index is 0.0330. The summed E-state index contributed by atoms with van der Waals surface area (Å²) in [7, 11) is 0. The van der Waals surface area contributed by atoms with Gasteiger partial charge in [0, 0.05) is 5.92 Å². The lowest BCUT2D eigenvalue weighted by molar-refractivity contribution is -0.119. The van der Waals surface area contributed by atoms with Crippen LogP contribution in [0.2, 0.25) is 0 Å². The predicted molar refractivity (Wildman–Crippen MR) is 40.5 cm³/mol. The third-order valence-electron chi connectivity index (χ3n) is 4.08. The second-order valence-electron chi connectivity index (χ2n) is 4.34. The number of hydrogen-bond donors (Lipinski definition) is 1. The Balaban J connectivity index is 1.79. The van der Waals surface area contributed by atoms with Gasteiger partial charge in [0.2, 0.25) is 5.91 Å². The molecule has 3 fully saturated rings. The summed E-state index contributed by atoms with van der Waals surface area (Å²) in [4.78, 5) is 10.9. The number of carbonyl (C=O) groups is 1. The molecule has 0 bridgehead atoms. The lowest BCUT2D eigenvalue weighted by atomic mass is 9.77. The quantitative estimate of drug-likeness (QED) is 0.590. The molecule has 0 aromatic rings. The zero-order valence-corrected chi connectivity index (χ0v) is 6.49. The van der Waals surface area contributed by atoms with Crippen LogP contribution >= 0.6 is 0 Å². The summed E-state index contributed by atoms with van der Waals surface area (Å²) in [5.74, 6) is 3.54. The molecular weight excluding hydrogens is 138 g/mol. The van der Waals surface area contributed by atoms with Gasteiger partial charge < -0.3 is 5.73 Å². The molecule has 3 aliphatic rings. The SMILES string of the molecule is NC(=O)C1C2C3CCCC3C12. The number of nitrogens with two attached hydrogens (primary N) is 1. The van der Waals surface area contributed by atoms with Crippen molar-refractivity contribution < 1.29 is 4.79 Å². The smallest absolute Gasteiger partial charge is 0.221 e. The fraction of sp³-hybridized carbons (Fsp3) is 0.889. The first-order valence-electron chi connectivity index (χ1n) is 4.60. The summed E-state index contributed by atoms with van der Waals surface area (Å²) in [6.45, 7) is 0. The van der Waals surface area contributed by atoms with E-state index in [0.29, 0.717) is 5.92 Å². The molecule has 4 atom stereocenters. The minimum atomic E-state index is -0.0330. The fourth-order valence-electron chi connectivity index (χ4n) is 3.67. The van der Waals surface area contributed by atoms with E-state index in [1.54, 1.807) is 0 Å². The maximum absolute atomic E-state index is 10.9. The average Bonchev–Trinajstić information content (AvgIpc) is 2.46. The number of fused-ring (bicyclic) bond motifs is 4. The first-order chi connectivity index (χ1) is 5.30. The molecule has 0 aromatic heterocycles. The van der Waals surface area contributed by atoms with Gasteiger partial charge in [-0.3, -0.25) is 4.79 Å². The van der Waals surface area contributed by atoms with E-state index in [9.17, 15) is 4.79 Å². The summed E-state index contributed by atoms with van der Waals surface area (Å²) in [6, 6.07) is 0. The third-order valence-corrected chi connectivity index (χ3v) is 4.08. The molecule has 3 saturated carbocycles. The molecule has 60 valence electrons. The van der Waals surface area contributed by atoms with Gasteiger partial charge in [-0.2, -0.15) is 0 Å². The Kier molecular flexibility index (Phi) is 0.890. The summed E-state index contributed by atoms with van der Waals surface area (Å²) >= 11 is 0. The van der Waals surface area contributed by atoms with Crippen molar-refractivity contribution in [1.82, 2.24) is 0 Å². The highest BCUT2D eigenvalue weighted by atomic mass is 16.1. The molecule has 3 aliphatic carbocycles. The summed E-state index contributed by atoms with van der Waals surface area (Å²) in [6.07, 6.45) is 4.14. The highest BCUT2D eigenvalue weighted by Gasteiger charge is 2.71. The van der Waals surface area contributed by atoms with Gasteiger partial charge in [-0.25, -0.2) is 0 Å². The average molecular weight is 151 g/mol. The lowest BCUT2D eigenvalue weighted by Gasteiger charge is -2.28. The highest BCUT2D eigenvalue weighted by molar-refractivity contribution is 5.81. The van der Waals surface area contributed by atoms with E-state index in [4.69, 9.17) is 5.73 Å². The van der Waals surface area contributed by atoms with Gasteiger partial charge in [-0.15, -0.1) is 0 Å². The van der Waals surface area contributed by atoms with Crippen molar-refractivity contribution in [2.75, 3.05) is 0 Å². The molecule has 0 aliphatic heterocycles. The molecule has 0 saturated heterocycles. The molecule has 3 rings (SSSR count). The second kappa shape index (κ2) is 1.62. The monoisotopic (exact) mass is 151 g/mol. The van der Waals surface area contributed by atoms with E-state index in [1.807, 2.05) is 0 Å². The van der Waals surface area contributed by atoms with Crippen molar-refractivity contribution in [1.29, 1.82) is 0 Å². The number of carbonyl (C=O) groups excluding carboxylic acids is 1. The Hall–Kier alpha value is -0.530. The molecule has 4 unspecified atom stereocenters. The Morgan fingerprint density at radius 2 is 1.73 bits per heavy atom. The largest absolute Gasteiger partial charge is 0.369 e. The number of primary amides is 1. The number of rotatable bonds is 1. The third kappa shape index (κ3) is 0.534. The molecule has 0 aromatic carbocycles. The normalized spacial score (nSPS) is 57.6. The molecule has 11 heavy (non-hydrogen) atoms. The molecular formula is C9H13NO. The molecule has 2 heteroatoms. The van der Waals surface area contributed by atoms with Crippen LogP contribution in [0.25, 0.3) is 0 Å². The summed E-state index contributed by atoms with van der Waals surface area (Å²) < 4.78 is 0. The Labute approximate surface area is 66.1 Å². The van der Waals surface area contributed by atoms with Gasteiger partial charge in [0.25, 0.3) is 0 Å². The van der Waals surface area contributed by atoms with Gasteiger partial charge in [-0.1, -0.05) is 6.42 Å². The van der Waals surface area contributed by atoms with Crippen LogP contribution in [0, 0.1) is 29.6 Å². The van der Waals surface area contributed by atoms with Gasteiger partial charge in [0.15, 0.2) is 0 Å². The van der Waals surface area contributed by atoms with Gasteiger partial charge in [0.05, 0.1) is 0 Å². The Morgan fingerprint density at radius 1 is 1.18 bits per heavy atom. The van der Waals surface area contributed by atoms with Crippen molar-refractivity contribution in [3.63, 3.8) is 0 Å². The molecule has 1 amide bonds. The van der Waals surface area contributed by atoms with Crippen LogP contribution in [-0.4, -0.2) is 5.91 Å². The standard InChI is InChI=1S/C9H13NO/c10-9(11)8-6-4-2-1-3-5(4)7(6)8/h4-8H,1-3H2,(H2,10,11). The van der Waals surface area contributed by atoms with Crippen LogP contribution in [0.4, 0.5) is 0 Å². The van der Waals surface area contributed by atoms with E-state index in [-0.39, 0.29) is 5.91 Å². The van der Waals surface area contributed by atoms with E-state index in [2.05, 4.69) is 0 Å². The van der Waals surface area contributed by atoms with Gasteiger partial charge in [0.1, 0.15) is 0 Å². The second-order valence-corrected chi connectivity index (χ2v) is 4.34. The van der Waals surface area contributed by atoms with Crippen molar-refractivity contribution in [3.05, 3.63) is 0 Å². The lowest BCUT2D eigenvalue weighted by Crippen LogP contribution is -2.23. The number of amides is 1. The summed E-state index contributed by atoms with van der Waals surface area (Å²) in [5, 5.41) is 0. The molecule has 0 heterocycles. The minimum Gasteiger partial charge on any atom is -0.369 e. The molecule has 2 N–H and O–H groups in total. The molecule has 0 radical (unpaired) electrons. The first-order valence-corrected chi connectivity index (χ1v) is 4.60. The Morgan fingerprint density at radius 3 is 2.18 bits per heavy atom. The van der Waals surface area contributed by atoms with Crippen LogP contribution in [0.15, 0.2) is 0 Å². The van der Waals surface area contributed by atoms with Crippen LogP contribution in [0.5, 0.6) is 0 Å². The van der Waals surface area contributed by atoms with Crippen LogP contribution in [0.3, 0.4) is 0 Å². The molecule has 0 spiro atoms. The number of hydrogen-bond acceptors (Lipinski definition) is 1. The van der Waals surface area contributed by atoms with Crippen molar-refractivity contribution >= 4 is 5.91 Å². The fourth-order valence-corrected chi connectivity index (χ4v) is 3.67. The van der Waals surface area contributed by atoms with Gasteiger partial charge in [-0.05, 0) is 36.5 Å². The van der Waals surface area contributed by atoms with Gasteiger partial charge >= 0.3 is 0 Å². The molecule has 2 nitrogen and oxygen atoms in total. The zero-order chi connectivity index (χ0) is 7.59. The first kappa shape index (κ1) is 6.04. The predicted octanol–water partition coefficient (Wildman–Crippen LogP) is 0.764. The van der Waals surface area contributed by atoms with Crippen molar-refractivity contribution in [2.24, 2.45) is 35.3 Å². The van der Waals surface area contributed by atoms with Crippen LogP contribution in [-0.2, 0) is 4.79 Å². The maximum Gasteiger partial charge on any atom is 0.221 e. The van der Waals surface area contributed by atoms with E-state index in [0.717, 1.165) is 23.7 Å². The van der Waals surface area contributed by atoms with E-state index >= 15 is 0 Å². The van der Waals surface area contributed by atoms with E-state index < -0.39 is 0 Å². The maximum atomic E-state index is 10.9. The highest BCUT2D eigenvalue weighted by Crippen LogP contribution is 2.72. The van der Waals surface area contributed by atoms with E-state index in [1.165, 1.54) is 19.3 Å². The topological polar surface area (TPSA) is 43.1 Å². The van der Waals surface area contributed by atoms with Crippen LogP contribution in [0.1, 0.15) is 19.3 Å². The van der Waals surface area contributed by atoms with Crippen molar-refractivity contribution in [3.8, 4) is 0 Å².